The van der Waals surface area contributed by atoms with Gasteiger partial charge in [-0.05, 0) is 6.07 Å². The Morgan fingerprint density at radius 2 is 1.38 bits per heavy atom. The number of thiol groups is 2. The van der Waals surface area contributed by atoms with Crippen LogP contribution in [0.5, 0.6) is 0 Å². The fourth-order valence-electron chi connectivity index (χ4n) is 2.31. The zero-order valence-corrected chi connectivity index (χ0v) is 18.8. The number of aryl methyl sites for hydroxylation is 1. The van der Waals surface area contributed by atoms with Gasteiger partial charge in [0.1, 0.15) is 5.69 Å². The van der Waals surface area contributed by atoms with Gasteiger partial charge in [0.15, 0.2) is 11.7 Å². The van der Waals surface area contributed by atoms with Gasteiger partial charge in [0.2, 0.25) is 10.0 Å². The van der Waals surface area contributed by atoms with Gasteiger partial charge in [0, 0.05) is 18.1 Å². The number of oxazole rings is 1. The van der Waals surface area contributed by atoms with Gasteiger partial charge in [-0.15, -0.1) is 0 Å². The smallest absolute Gasteiger partial charge is 0.273 e. The lowest BCUT2D eigenvalue weighted by Crippen LogP contribution is -2.13. The first kappa shape index (κ1) is 31.3. The summed E-state index contributed by atoms with van der Waals surface area (Å²) in [5.41, 5.74) is 10.4. The van der Waals surface area contributed by atoms with Crippen LogP contribution in [0.25, 0.3) is 22.6 Å². The molecule has 0 radical (unpaired) electrons. The maximum atomic E-state index is 11.8. The summed E-state index contributed by atoms with van der Waals surface area (Å²) < 4.78 is 29.3. The quantitative estimate of drug-likeness (QED) is 0.340. The first-order valence-electron chi connectivity index (χ1n) is 8.05. The Bertz CT molecular complexity index is 1100. The number of benzene rings is 2. The molecule has 8 N–H and O–H groups in total. The predicted octanol–water partition coefficient (Wildman–Crippen LogP) is 2.77. The number of rotatable bonds is 3. The number of hydrogen-bond acceptors (Lipinski definition) is 6. The van der Waals surface area contributed by atoms with Crippen LogP contribution in [0.2, 0.25) is 0 Å². The minimum absolute atomic E-state index is 0. The van der Waals surface area contributed by atoms with Crippen molar-refractivity contribution in [2.45, 2.75) is 19.2 Å². The molecular weight excluding hydrogens is 476 g/mol. The highest BCUT2D eigenvalue weighted by Crippen LogP contribution is 2.35. The van der Waals surface area contributed by atoms with E-state index in [1.54, 1.807) is 25.1 Å². The van der Waals surface area contributed by atoms with E-state index in [1.807, 2.05) is 30.3 Å². The van der Waals surface area contributed by atoms with Crippen molar-refractivity contribution in [1.82, 2.24) is 4.98 Å². The average molecular weight is 503 g/mol. The van der Waals surface area contributed by atoms with Crippen LogP contribution in [0.3, 0.4) is 0 Å². The summed E-state index contributed by atoms with van der Waals surface area (Å²) >= 11 is 6.21. The first-order chi connectivity index (χ1) is 13.9. The van der Waals surface area contributed by atoms with Crippen molar-refractivity contribution < 1.29 is 27.9 Å². The topological polar surface area (TPSA) is 204 Å². The van der Waals surface area contributed by atoms with Gasteiger partial charge in [-0.2, -0.15) is 0 Å². The highest BCUT2D eigenvalue weighted by molar-refractivity contribution is 7.96. The van der Waals surface area contributed by atoms with Gasteiger partial charge in [0.05, 0.1) is 4.90 Å². The summed E-state index contributed by atoms with van der Waals surface area (Å²) in [5, 5.41) is 4.03. The lowest BCUT2D eigenvalue weighted by Gasteiger charge is -2.06. The highest BCUT2D eigenvalue weighted by atomic mass is 32.2. The molecule has 0 aliphatic carbocycles. The molecule has 1 heterocycles. The molecule has 13 heteroatoms. The molecule has 2 amide bonds. The molecule has 0 saturated carbocycles. The van der Waals surface area contributed by atoms with Gasteiger partial charge in [0.25, 0.3) is 10.5 Å². The van der Waals surface area contributed by atoms with Gasteiger partial charge in [-0.1, -0.05) is 81.2 Å². The van der Waals surface area contributed by atoms with E-state index in [9.17, 15) is 8.42 Å². The number of sulfonamides is 1. The van der Waals surface area contributed by atoms with Crippen LogP contribution in [-0.2, 0) is 10.0 Å². The van der Waals surface area contributed by atoms with Gasteiger partial charge < -0.3 is 21.4 Å². The van der Waals surface area contributed by atoms with E-state index in [0.29, 0.717) is 22.9 Å². The Hall–Kier alpha value is -2.84. The SMILES string of the molecule is C.Cc1nc(-c2ccccc2S(N)(=O)=O)c(-c2ccccc2)o1.NC(=O)S.NC(=O)S.O. The second kappa shape index (κ2) is 14.3. The second-order valence-corrected chi connectivity index (χ2v) is 7.91. The number of aromatic nitrogens is 1. The molecule has 0 bridgehead atoms. The maximum Gasteiger partial charge on any atom is 0.273 e. The van der Waals surface area contributed by atoms with Crippen molar-refractivity contribution in [1.29, 1.82) is 0 Å². The van der Waals surface area contributed by atoms with Crippen LogP contribution in [0.15, 0.2) is 63.9 Å². The number of nitrogens with two attached hydrogens (primary N) is 3. The molecule has 0 aliphatic rings. The minimum atomic E-state index is -3.85. The van der Waals surface area contributed by atoms with Crippen LogP contribution in [0.1, 0.15) is 13.3 Å². The lowest BCUT2D eigenvalue weighted by atomic mass is 10.1. The molecule has 3 rings (SSSR count). The molecule has 0 fully saturated rings. The third kappa shape index (κ3) is 10.5. The number of carbonyl (C=O) groups excluding carboxylic acids is 2. The normalized spacial score (nSPS) is 9.50. The number of nitrogens with zero attached hydrogens (tertiary/aromatic N) is 1. The van der Waals surface area contributed by atoms with E-state index in [0.717, 1.165) is 5.56 Å². The molecule has 32 heavy (non-hydrogen) atoms. The van der Waals surface area contributed by atoms with Crippen molar-refractivity contribution in [2.75, 3.05) is 0 Å². The zero-order valence-electron chi connectivity index (χ0n) is 16.2. The highest BCUT2D eigenvalue weighted by Gasteiger charge is 2.21. The summed E-state index contributed by atoms with van der Waals surface area (Å²) in [5.74, 6) is 0.979. The molecule has 1 aromatic heterocycles. The van der Waals surface area contributed by atoms with E-state index >= 15 is 0 Å². The number of primary amides is 2. The van der Waals surface area contributed by atoms with E-state index in [-0.39, 0.29) is 17.8 Å². The molecule has 10 nitrogen and oxygen atoms in total. The lowest BCUT2D eigenvalue weighted by molar-refractivity contribution is 0.266. The van der Waals surface area contributed by atoms with E-state index < -0.39 is 20.5 Å². The number of hydrogen-bond donors (Lipinski definition) is 5. The summed E-state index contributed by atoms with van der Waals surface area (Å²) in [6, 6.07) is 15.9. The summed E-state index contributed by atoms with van der Waals surface area (Å²) in [6.45, 7) is 1.72. The second-order valence-electron chi connectivity index (χ2n) is 5.49. The van der Waals surface area contributed by atoms with Crippen LogP contribution in [0.4, 0.5) is 9.59 Å². The standard InChI is InChI=1S/C16H14N2O3S.2CH3NOS.CH4.H2O/c1-11-18-15(16(21-11)12-7-3-2-4-8-12)13-9-5-6-10-14(13)22(17,19)20;2*2-1(3)4;;/h2-10H,1H3,(H2,17,19,20);2*(H3,2,3,4);1H4;1H2. The monoisotopic (exact) mass is 502 g/mol. The molecule has 2 aromatic carbocycles. The Morgan fingerprint density at radius 1 is 0.938 bits per heavy atom. The molecular formula is C19H26N4O6S3. The summed E-state index contributed by atoms with van der Waals surface area (Å²) in [4.78, 5) is 22.5. The minimum Gasteiger partial charge on any atom is -0.440 e. The summed E-state index contributed by atoms with van der Waals surface area (Å²) in [6.07, 6.45) is 0. The summed E-state index contributed by atoms with van der Waals surface area (Å²) in [7, 11) is -3.85. The fraction of sp³-hybridized carbons (Fsp3) is 0.105. The Kier molecular flexibility index (Phi) is 14.0. The Balaban J connectivity index is 0. The van der Waals surface area contributed by atoms with Crippen molar-refractivity contribution in [3.05, 3.63) is 60.5 Å². The molecule has 0 unspecified atom stereocenters. The molecule has 0 saturated heterocycles. The molecule has 0 atom stereocenters. The zero-order chi connectivity index (χ0) is 22.9. The van der Waals surface area contributed by atoms with Crippen LogP contribution >= 0.6 is 25.3 Å². The van der Waals surface area contributed by atoms with Crippen LogP contribution < -0.4 is 16.6 Å². The molecule has 0 aliphatic heterocycles. The van der Waals surface area contributed by atoms with Gasteiger partial charge in [-0.25, -0.2) is 18.5 Å². The third-order valence-electron chi connectivity index (χ3n) is 3.22. The van der Waals surface area contributed by atoms with Crippen molar-refractivity contribution in [2.24, 2.45) is 16.6 Å². The maximum absolute atomic E-state index is 11.8. The fourth-order valence-corrected chi connectivity index (χ4v) is 3.04. The van der Waals surface area contributed by atoms with Crippen molar-refractivity contribution in [3.63, 3.8) is 0 Å². The molecule has 176 valence electrons. The van der Waals surface area contributed by atoms with E-state index in [2.05, 4.69) is 41.7 Å². The molecule has 3 aromatic rings. The first-order valence-corrected chi connectivity index (χ1v) is 10.5. The van der Waals surface area contributed by atoms with E-state index in [4.69, 9.17) is 19.1 Å². The Labute approximate surface area is 197 Å². The Morgan fingerprint density at radius 3 is 1.84 bits per heavy atom. The van der Waals surface area contributed by atoms with Gasteiger partial charge in [-0.3, -0.25) is 9.59 Å². The predicted molar refractivity (Wildman–Crippen MR) is 131 cm³/mol. The van der Waals surface area contributed by atoms with Crippen molar-refractivity contribution >= 4 is 45.8 Å². The largest absolute Gasteiger partial charge is 0.440 e. The molecule has 0 spiro atoms. The van der Waals surface area contributed by atoms with Crippen LogP contribution in [-0.4, -0.2) is 29.4 Å². The van der Waals surface area contributed by atoms with Crippen LogP contribution in [0, 0.1) is 6.92 Å². The number of carbonyl (C=O) groups is 2. The van der Waals surface area contributed by atoms with E-state index in [1.165, 1.54) is 6.07 Å². The number of primary sulfonamides is 1. The number of amides is 2. The average Bonchev–Trinajstić information content (AvgIpc) is 3.02. The van der Waals surface area contributed by atoms with Crippen molar-refractivity contribution in [3.8, 4) is 22.6 Å². The van der Waals surface area contributed by atoms with Gasteiger partial charge >= 0.3 is 0 Å². The third-order valence-corrected chi connectivity index (χ3v) is 4.19.